The lowest BCUT2D eigenvalue weighted by atomic mass is 10.1. The first kappa shape index (κ1) is 28.1. The van der Waals surface area contributed by atoms with Gasteiger partial charge in [0.15, 0.2) is 0 Å². The summed E-state index contributed by atoms with van der Waals surface area (Å²) in [6.45, 7) is 0.524. The molecule has 2 aliphatic heterocycles. The Labute approximate surface area is 207 Å². The van der Waals surface area contributed by atoms with Gasteiger partial charge < -0.3 is 26.4 Å². The van der Waals surface area contributed by atoms with E-state index in [-0.39, 0.29) is 30.8 Å². The summed E-state index contributed by atoms with van der Waals surface area (Å²) in [6.07, 6.45) is 4.79. The highest BCUT2D eigenvalue weighted by molar-refractivity contribution is 8.76. The topological polar surface area (TPSA) is 160 Å². The van der Waals surface area contributed by atoms with Crippen molar-refractivity contribution in [2.45, 2.75) is 50.2 Å². The third-order valence-corrected chi connectivity index (χ3v) is 7.85. The molecule has 0 aromatic heterocycles. The van der Waals surface area contributed by atoms with Gasteiger partial charge in [-0.1, -0.05) is 21.6 Å². The molecule has 11 nitrogen and oxygen atoms in total. The average Bonchev–Trinajstić information content (AvgIpc) is 3.15. The minimum atomic E-state index is -1.20. The molecule has 2 rings (SSSR count). The molecule has 0 radical (unpaired) electrons. The number of nitrogens with zero attached hydrogens (tertiary/aromatic N) is 1. The Bertz CT molecular complexity index is 757. The Hall–Kier alpha value is -2.09. The lowest BCUT2D eigenvalue weighted by Gasteiger charge is -2.28. The number of ether oxygens (including phenoxy) is 1. The number of carbonyl (C=O) groups is 5. The van der Waals surface area contributed by atoms with Gasteiger partial charge in [0.1, 0.15) is 12.1 Å². The molecular formula is C21H33N5O6S2. The van der Waals surface area contributed by atoms with E-state index in [1.807, 2.05) is 0 Å². The van der Waals surface area contributed by atoms with E-state index in [2.05, 4.69) is 16.0 Å². The molecule has 0 bridgehead atoms. The standard InChI is InChI=1S/C21H33N5O6S2/c1-32-10-7-17(27)23-9-3-2-4-15(20(30)24-14-8-11-33-34-13-14)25-21(31)16(12-22)26-18(28)5-6-19(26)29/h5-6,14-16H,2-4,7-13,22H2,1H3,(H,23,27)(H,24,30)(H,25,31)/t14?,15-,16-/m0/s1. The van der Waals surface area contributed by atoms with Crippen LogP contribution in [-0.2, 0) is 28.7 Å². The van der Waals surface area contributed by atoms with Crippen LogP contribution in [0, 0.1) is 0 Å². The van der Waals surface area contributed by atoms with E-state index < -0.39 is 29.8 Å². The maximum atomic E-state index is 13.0. The van der Waals surface area contributed by atoms with E-state index >= 15 is 0 Å². The van der Waals surface area contributed by atoms with Crippen molar-refractivity contribution < 1.29 is 28.7 Å². The van der Waals surface area contributed by atoms with Crippen molar-refractivity contribution in [1.82, 2.24) is 20.9 Å². The van der Waals surface area contributed by atoms with E-state index in [4.69, 9.17) is 10.5 Å². The van der Waals surface area contributed by atoms with E-state index in [9.17, 15) is 24.0 Å². The lowest BCUT2D eigenvalue weighted by Crippen LogP contribution is -2.58. The SMILES string of the molecule is COCCC(=O)NCCCC[C@H](NC(=O)[C@H](CN)N1C(=O)C=CC1=O)C(=O)NC1CCSSC1. The minimum Gasteiger partial charge on any atom is -0.384 e. The van der Waals surface area contributed by atoms with Gasteiger partial charge in [-0.3, -0.25) is 28.9 Å². The first-order chi connectivity index (χ1) is 16.4. The monoisotopic (exact) mass is 515 g/mol. The van der Waals surface area contributed by atoms with Gasteiger partial charge in [0.05, 0.1) is 6.61 Å². The van der Waals surface area contributed by atoms with Crippen LogP contribution >= 0.6 is 21.6 Å². The van der Waals surface area contributed by atoms with Crippen molar-refractivity contribution >= 4 is 51.1 Å². The third-order valence-electron chi connectivity index (χ3n) is 5.34. The highest BCUT2D eigenvalue weighted by Gasteiger charge is 2.36. The highest BCUT2D eigenvalue weighted by Crippen LogP contribution is 2.29. The van der Waals surface area contributed by atoms with Gasteiger partial charge >= 0.3 is 0 Å². The summed E-state index contributed by atoms with van der Waals surface area (Å²) in [5, 5.41) is 8.45. The van der Waals surface area contributed by atoms with Gasteiger partial charge in [-0.05, 0) is 25.7 Å². The molecule has 1 fully saturated rings. The summed E-state index contributed by atoms with van der Waals surface area (Å²) >= 11 is 0. The van der Waals surface area contributed by atoms with Crippen LogP contribution in [0.5, 0.6) is 0 Å². The van der Waals surface area contributed by atoms with Crippen molar-refractivity contribution in [3.63, 3.8) is 0 Å². The second-order valence-electron chi connectivity index (χ2n) is 7.88. The summed E-state index contributed by atoms with van der Waals surface area (Å²) in [7, 11) is 4.97. The van der Waals surface area contributed by atoms with Gasteiger partial charge in [-0.2, -0.15) is 0 Å². The first-order valence-corrected chi connectivity index (χ1v) is 13.7. The largest absolute Gasteiger partial charge is 0.384 e. The molecule has 13 heteroatoms. The molecule has 190 valence electrons. The Kier molecular flexibility index (Phi) is 12.4. The minimum absolute atomic E-state index is 0.00877. The predicted octanol–water partition coefficient (Wildman–Crippen LogP) is -0.684. The number of nitrogens with two attached hydrogens (primary N) is 1. The maximum Gasteiger partial charge on any atom is 0.254 e. The Morgan fingerprint density at radius 1 is 1.18 bits per heavy atom. The van der Waals surface area contributed by atoms with Gasteiger partial charge in [0.2, 0.25) is 17.7 Å². The fourth-order valence-corrected chi connectivity index (χ4v) is 5.88. The number of nitrogens with one attached hydrogen (secondary N) is 3. The number of hydrogen-bond donors (Lipinski definition) is 4. The second-order valence-corrected chi connectivity index (χ2v) is 10.5. The van der Waals surface area contributed by atoms with Gasteiger partial charge in [-0.15, -0.1) is 0 Å². The molecule has 0 aromatic carbocycles. The number of amides is 5. The summed E-state index contributed by atoms with van der Waals surface area (Å²) in [4.78, 5) is 62.4. The van der Waals surface area contributed by atoms with E-state index in [1.54, 1.807) is 21.6 Å². The van der Waals surface area contributed by atoms with Crippen molar-refractivity contribution in [1.29, 1.82) is 0 Å². The summed E-state index contributed by atoms with van der Waals surface area (Å²) < 4.78 is 4.87. The quantitative estimate of drug-likeness (QED) is 0.133. The highest BCUT2D eigenvalue weighted by atomic mass is 33.1. The van der Waals surface area contributed by atoms with Crippen molar-refractivity contribution in [2.75, 3.05) is 38.3 Å². The van der Waals surface area contributed by atoms with Crippen molar-refractivity contribution in [2.24, 2.45) is 5.73 Å². The average molecular weight is 516 g/mol. The fourth-order valence-electron chi connectivity index (χ4n) is 3.45. The predicted molar refractivity (Wildman–Crippen MR) is 131 cm³/mol. The number of rotatable bonds is 14. The molecule has 0 aliphatic carbocycles. The molecule has 2 heterocycles. The Balaban J connectivity index is 1.94. The Morgan fingerprint density at radius 2 is 1.91 bits per heavy atom. The van der Waals surface area contributed by atoms with Crippen LogP contribution in [0.1, 0.15) is 32.1 Å². The molecule has 0 saturated carbocycles. The fraction of sp³-hybridized carbons (Fsp3) is 0.667. The van der Waals surface area contributed by atoms with Gasteiger partial charge in [0.25, 0.3) is 11.8 Å². The van der Waals surface area contributed by atoms with Crippen LogP contribution in [0.4, 0.5) is 0 Å². The number of carbonyl (C=O) groups excluding carboxylic acids is 5. The van der Waals surface area contributed by atoms with Crippen molar-refractivity contribution in [3.8, 4) is 0 Å². The van der Waals surface area contributed by atoms with Gasteiger partial charge in [0, 0.05) is 56.3 Å². The molecule has 34 heavy (non-hydrogen) atoms. The van der Waals surface area contributed by atoms with E-state index in [1.165, 1.54) is 7.11 Å². The zero-order chi connectivity index (χ0) is 24.9. The molecule has 3 atom stereocenters. The molecule has 1 unspecified atom stereocenters. The van der Waals surface area contributed by atoms with Crippen LogP contribution in [-0.4, -0.2) is 90.9 Å². The zero-order valence-corrected chi connectivity index (χ0v) is 20.9. The summed E-state index contributed by atoms with van der Waals surface area (Å²) in [6, 6.07) is -2.05. The molecule has 5 amide bonds. The molecule has 5 N–H and O–H groups in total. The second kappa shape index (κ2) is 15.0. The normalized spacial score (nSPS) is 19.6. The summed E-state index contributed by atoms with van der Waals surface area (Å²) in [5.41, 5.74) is 5.69. The van der Waals surface area contributed by atoms with E-state index in [0.717, 1.165) is 35.0 Å². The number of unbranched alkanes of at least 4 members (excludes halogenated alkanes) is 1. The number of imide groups is 1. The van der Waals surface area contributed by atoms with Gasteiger partial charge in [-0.25, -0.2) is 0 Å². The lowest BCUT2D eigenvalue weighted by molar-refractivity contribution is -0.145. The van der Waals surface area contributed by atoms with Crippen LogP contribution < -0.4 is 21.7 Å². The third kappa shape index (κ3) is 8.93. The smallest absolute Gasteiger partial charge is 0.254 e. The molecule has 1 saturated heterocycles. The molecule has 2 aliphatic rings. The first-order valence-electron chi connectivity index (χ1n) is 11.2. The Morgan fingerprint density at radius 3 is 2.53 bits per heavy atom. The van der Waals surface area contributed by atoms with Crippen LogP contribution in [0.25, 0.3) is 0 Å². The molecule has 0 spiro atoms. The van der Waals surface area contributed by atoms with Crippen LogP contribution in [0.2, 0.25) is 0 Å². The summed E-state index contributed by atoms with van der Waals surface area (Å²) in [5.74, 6) is -0.612. The zero-order valence-electron chi connectivity index (χ0n) is 19.2. The van der Waals surface area contributed by atoms with Crippen LogP contribution in [0.3, 0.4) is 0 Å². The van der Waals surface area contributed by atoms with Crippen molar-refractivity contribution in [3.05, 3.63) is 12.2 Å². The molecule has 0 aromatic rings. The number of methoxy groups -OCH3 is 1. The van der Waals surface area contributed by atoms with E-state index in [0.29, 0.717) is 32.4 Å². The maximum absolute atomic E-state index is 13.0. The van der Waals surface area contributed by atoms with Crippen LogP contribution in [0.15, 0.2) is 12.2 Å². The number of hydrogen-bond acceptors (Lipinski definition) is 9. The molecular weight excluding hydrogens is 482 g/mol.